The molecule has 128 valence electrons. The van der Waals surface area contributed by atoms with E-state index in [4.69, 9.17) is 4.74 Å². The zero-order chi connectivity index (χ0) is 17.2. The standard InChI is InChI=1S/C19H24N2O3/c1-15-8-10-17(11-9-15)24-13-5-12-20-19(23)21-18(14-22)16-6-3-2-4-7-16/h2-4,6-11,18,22H,5,12-14H2,1H3,(H2,20,21,23). The lowest BCUT2D eigenvalue weighted by Crippen LogP contribution is -2.39. The minimum atomic E-state index is -0.407. The van der Waals surface area contributed by atoms with Gasteiger partial charge in [0.1, 0.15) is 5.75 Å². The monoisotopic (exact) mass is 328 g/mol. The number of ether oxygens (including phenoxy) is 1. The van der Waals surface area contributed by atoms with E-state index in [-0.39, 0.29) is 12.6 Å². The molecule has 1 atom stereocenters. The zero-order valence-corrected chi connectivity index (χ0v) is 13.9. The average molecular weight is 328 g/mol. The van der Waals surface area contributed by atoms with Crippen molar-refractivity contribution in [3.05, 3.63) is 65.7 Å². The van der Waals surface area contributed by atoms with Crippen molar-refractivity contribution < 1.29 is 14.6 Å². The van der Waals surface area contributed by atoms with Crippen LogP contribution in [0.1, 0.15) is 23.6 Å². The molecular formula is C19H24N2O3. The molecular weight excluding hydrogens is 304 g/mol. The highest BCUT2D eigenvalue weighted by Crippen LogP contribution is 2.12. The van der Waals surface area contributed by atoms with Crippen LogP contribution >= 0.6 is 0 Å². The summed E-state index contributed by atoms with van der Waals surface area (Å²) in [7, 11) is 0. The van der Waals surface area contributed by atoms with Crippen LogP contribution in [0.15, 0.2) is 54.6 Å². The molecule has 1 unspecified atom stereocenters. The number of aliphatic hydroxyl groups is 1. The summed E-state index contributed by atoms with van der Waals surface area (Å²) in [6.45, 7) is 2.92. The summed E-state index contributed by atoms with van der Waals surface area (Å²) in [4.78, 5) is 11.9. The smallest absolute Gasteiger partial charge is 0.315 e. The fourth-order valence-corrected chi connectivity index (χ4v) is 2.23. The van der Waals surface area contributed by atoms with Crippen LogP contribution in [0.3, 0.4) is 0 Å². The lowest BCUT2D eigenvalue weighted by molar-refractivity contribution is 0.216. The van der Waals surface area contributed by atoms with Crippen molar-refractivity contribution in [2.45, 2.75) is 19.4 Å². The first-order valence-electron chi connectivity index (χ1n) is 8.08. The summed E-state index contributed by atoms with van der Waals surface area (Å²) in [5.74, 6) is 0.828. The number of nitrogens with one attached hydrogen (secondary N) is 2. The summed E-state index contributed by atoms with van der Waals surface area (Å²) in [5, 5.41) is 14.9. The lowest BCUT2D eigenvalue weighted by atomic mass is 10.1. The Labute approximate surface area is 142 Å². The summed E-state index contributed by atoms with van der Waals surface area (Å²) in [6.07, 6.45) is 0.705. The summed E-state index contributed by atoms with van der Waals surface area (Å²) in [6, 6.07) is 16.5. The van der Waals surface area contributed by atoms with E-state index >= 15 is 0 Å². The number of urea groups is 1. The van der Waals surface area contributed by atoms with E-state index in [1.807, 2.05) is 61.5 Å². The molecule has 2 aromatic rings. The predicted molar refractivity (Wildman–Crippen MR) is 94.1 cm³/mol. The molecule has 0 aliphatic rings. The van der Waals surface area contributed by atoms with Gasteiger partial charge < -0.3 is 20.5 Å². The maximum atomic E-state index is 11.9. The molecule has 0 aromatic heterocycles. The van der Waals surface area contributed by atoms with Crippen molar-refractivity contribution in [1.29, 1.82) is 0 Å². The van der Waals surface area contributed by atoms with Gasteiger partial charge in [-0.3, -0.25) is 0 Å². The largest absolute Gasteiger partial charge is 0.494 e. The topological polar surface area (TPSA) is 70.6 Å². The summed E-state index contributed by atoms with van der Waals surface area (Å²) >= 11 is 0. The highest BCUT2D eigenvalue weighted by Gasteiger charge is 2.12. The first-order chi connectivity index (χ1) is 11.7. The fraction of sp³-hybridized carbons (Fsp3) is 0.316. The van der Waals surface area contributed by atoms with E-state index in [1.54, 1.807) is 0 Å². The molecule has 0 aliphatic heterocycles. The van der Waals surface area contributed by atoms with Crippen molar-refractivity contribution in [1.82, 2.24) is 10.6 Å². The van der Waals surface area contributed by atoms with Gasteiger partial charge in [-0.05, 0) is 31.0 Å². The number of hydrogen-bond donors (Lipinski definition) is 3. The molecule has 0 bridgehead atoms. The number of aliphatic hydroxyl groups excluding tert-OH is 1. The summed E-state index contributed by atoms with van der Waals surface area (Å²) < 4.78 is 5.60. The number of rotatable bonds is 8. The van der Waals surface area contributed by atoms with Crippen LogP contribution in [0.25, 0.3) is 0 Å². The molecule has 0 heterocycles. The Bertz CT molecular complexity index is 614. The molecule has 0 saturated carbocycles. The molecule has 24 heavy (non-hydrogen) atoms. The molecule has 0 radical (unpaired) electrons. The van der Waals surface area contributed by atoms with Gasteiger partial charge in [-0.1, -0.05) is 48.0 Å². The van der Waals surface area contributed by atoms with Crippen molar-refractivity contribution in [3.8, 4) is 5.75 Å². The van der Waals surface area contributed by atoms with Crippen molar-refractivity contribution >= 4 is 6.03 Å². The number of aryl methyl sites for hydroxylation is 1. The Kier molecular flexibility index (Phi) is 7.11. The van der Waals surface area contributed by atoms with Gasteiger partial charge >= 0.3 is 6.03 Å². The summed E-state index contributed by atoms with van der Waals surface area (Å²) in [5.41, 5.74) is 2.07. The molecule has 0 aliphatic carbocycles. The molecule has 2 rings (SSSR count). The van der Waals surface area contributed by atoms with E-state index in [0.29, 0.717) is 19.6 Å². The Morgan fingerprint density at radius 2 is 1.83 bits per heavy atom. The minimum absolute atomic E-state index is 0.145. The van der Waals surface area contributed by atoms with E-state index in [2.05, 4.69) is 10.6 Å². The van der Waals surface area contributed by atoms with Gasteiger partial charge in [0.25, 0.3) is 0 Å². The normalized spacial score (nSPS) is 11.6. The second kappa shape index (κ2) is 9.57. The maximum absolute atomic E-state index is 11.9. The van der Waals surface area contributed by atoms with Crippen molar-refractivity contribution in [2.75, 3.05) is 19.8 Å². The van der Waals surface area contributed by atoms with E-state index in [1.165, 1.54) is 5.56 Å². The number of carbonyl (C=O) groups excluding carboxylic acids is 1. The van der Waals surface area contributed by atoms with E-state index < -0.39 is 6.04 Å². The molecule has 0 fully saturated rings. The van der Waals surface area contributed by atoms with Crippen LogP contribution in [0, 0.1) is 6.92 Å². The van der Waals surface area contributed by atoms with Gasteiger partial charge in [0.05, 0.1) is 19.3 Å². The van der Waals surface area contributed by atoms with Crippen molar-refractivity contribution in [2.24, 2.45) is 0 Å². The van der Waals surface area contributed by atoms with E-state index in [0.717, 1.165) is 11.3 Å². The van der Waals surface area contributed by atoms with Gasteiger partial charge in [-0.2, -0.15) is 0 Å². The Morgan fingerprint density at radius 3 is 2.50 bits per heavy atom. The molecule has 3 N–H and O–H groups in total. The Morgan fingerprint density at radius 1 is 1.12 bits per heavy atom. The lowest BCUT2D eigenvalue weighted by Gasteiger charge is -2.17. The number of amides is 2. The third kappa shape index (κ3) is 5.93. The Balaban J connectivity index is 1.65. The van der Waals surface area contributed by atoms with Crippen LogP contribution in [-0.2, 0) is 0 Å². The third-order valence-electron chi connectivity index (χ3n) is 3.59. The third-order valence-corrected chi connectivity index (χ3v) is 3.59. The second-order valence-electron chi connectivity index (χ2n) is 5.56. The number of hydrogen-bond acceptors (Lipinski definition) is 3. The van der Waals surface area contributed by atoms with Gasteiger partial charge in [0.15, 0.2) is 0 Å². The second-order valence-corrected chi connectivity index (χ2v) is 5.56. The number of benzene rings is 2. The first-order valence-corrected chi connectivity index (χ1v) is 8.08. The highest BCUT2D eigenvalue weighted by atomic mass is 16.5. The molecule has 5 nitrogen and oxygen atoms in total. The van der Waals surface area contributed by atoms with E-state index in [9.17, 15) is 9.90 Å². The van der Waals surface area contributed by atoms with Gasteiger partial charge in [0, 0.05) is 6.54 Å². The molecule has 2 amide bonds. The Hall–Kier alpha value is -2.53. The predicted octanol–water partition coefficient (Wildman–Crippen LogP) is 2.80. The van der Waals surface area contributed by atoms with Gasteiger partial charge in [-0.25, -0.2) is 4.79 Å². The first kappa shape index (κ1) is 17.8. The molecule has 5 heteroatoms. The van der Waals surface area contributed by atoms with Gasteiger partial charge in [0.2, 0.25) is 0 Å². The zero-order valence-electron chi connectivity index (χ0n) is 13.9. The highest BCUT2D eigenvalue weighted by molar-refractivity contribution is 5.74. The van der Waals surface area contributed by atoms with Gasteiger partial charge in [-0.15, -0.1) is 0 Å². The SMILES string of the molecule is Cc1ccc(OCCCNC(=O)NC(CO)c2ccccc2)cc1. The average Bonchev–Trinajstić information content (AvgIpc) is 2.61. The quantitative estimate of drug-likeness (QED) is 0.653. The fourth-order valence-electron chi connectivity index (χ4n) is 2.23. The van der Waals surface area contributed by atoms with Crippen LogP contribution in [0.2, 0.25) is 0 Å². The molecule has 0 spiro atoms. The van der Waals surface area contributed by atoms with Crippen LogP contribution in [0.4, 0.5) is 4.79 Å². The van der Waals surface area contributed by atoms with Crippen LogP contribution in [-0.4, -0.2) is 30.9 Å². The van der Waals surface area contributed by atoms with Crippen LogP contribution < -0.4 is 15.4 Å². The molecule has 0 saturated heterocycles. The minimum Gasteiger partial charge on any atom is -0.494 e. The van der Waals surface area contributed by atoms with Crippen molar-refractivity contribution in [3.63, 3.8) is 0 Å². The number of carbonyl (C=O) groups is 1. The maximum Gasteiger partial charge on any atom is 0.315 e. The van der Waals surface area contributed by atoms with Crippen LogP contribution in [0.5, 0.6) is 5.75 Å². The molecule has 2 aromatic carbocycles.